The number of nitrogens with zero attached hydrogens (tertiary/aromatic N) is 3. The number of hydrogen-bond acceptors (Lipinski definition) is 5. The highest BCUT2D eigenvalue weighted by molar-refractivity contribution is 6.04. The fraction of sp³-hybridized carbons (Fsp3) is 0.625. The van der Waals surface area contributed by atoms with Gasteiger partial charge in [0.05, 0.1) is 6.04 Å². The van der Waals surface area contributed by atoms with E-state index in [4.69, 9.17) is 0 Å². The van der Waals surface area contributed by atoms with Crippen molar-refractivity contribution in [2.75, 3.05) is 39.3 Å². The molecule has 8 heteroatoms. The first-order chi connectivity index (χ1) is 11.4. The van der Waals surface area contributed by atoms with Gasteiger partial charge in [-0.1, -0.05) is 6.08 Å². The summed E-state index contributed by atoms with van der Waals surface area (Å²) in [5.41, 5.74) is 0. The molecule has 2 aliphatic rings. The Bertz CT molecular complexity index is 524. The summed E-state index contributed by atoms with van der Waals surface area (Å²) in [6, 6.07) is -0.274. The average molecular weight is 336 g/mol. The van der Waals surface area contributed by atoms with E-state index in [1.807, 2.05) is 11.8 Å². The Hall–Kier alpha value is -2.22. The Kier molecular flexibility index (Phi) is 6.08. The van der Waals surface area contributed by atoms with Crippen LogP contribution < -0.4 is 5.32 Å². The molecule has 2 rings (SSSR count). The standard InChI is InChI=1S/C16H24N4O4/c1-3-6-17-16(24)12(2)18-7-9-19(10-8-18)15(23)11-20-13(21)4-5-14(20)22/h3,12H,1,4-11H2,2H3,(H,17,24)/t12-/m0/s1. The van der Waals surface area contributed by atoms with E-state index < -0.39 is 0 Å². The number of carbonyl (C=O) groups is 4. The molecule has 2 fully saturated rings. The number of nitrogens with one attached hydrogen (secondary N) is 1. The highest BCUT2D eigenvalue weighted by atomic mass is 16.2. The average Bonchev–Trinajstić information content (AvgIpc) is 2.91. The second-order valence-corrected chi connectivity index (χ2v) is 6.00. The number of rotatable bonds is 6. The lowest BCUT2D eigenvalue weighted by Crippen LogP contribution is -2.56. The Morgan fingerprint density at radius 2 is 1.75 bits per heavy atom. The zero-order chi connectivity index (χ0) is 17.7. The molecule has 0 unspecified atom stereocenters. The number of carbonyl (C=O) groups excluding carboxylic acids is 4. The van der Waals surface area contributed by atoms with Crippen LogP contribution in [0.5, 0.6) is 0 Å². The van der Waals surface area contributed by atoms with Crippen LogP contribution in [-0.2, 0) is 19.2 Å². The van der Waals surface area contributed by atoms with Crippen molar-refractivity contribution in [1.29, 1.82) is 0 Å². The lowest BCUT2D eigenvalue weighted by Gasteiger charge is -2.37. The molecular weight excluding hydrogens is 312 g/mol. The van der Waals surface area contributed by atoms with Crippen LogP contribution in [0, 0.1) is 0 Å². The van der Waals surface area contributed by atoms with Crippen molar-refractivity contribution in [2.24, 2.45) is 0 Å². The molecule has 0 aromatic rings. The fourth-order valence-electron chi connectivity index (χ4n) is 2.88. The lowest BCUT2D eigenvalue weighted by molar-refractivity contribution is -0.146. The second-order valence-electron chi connectivity index (χ2n) is 6.00. The molecular formula is C16H24N4O4. The minimum Gasteiger partial charge on any atom is -0.351 e. The second kappa shape index (κ2) is 8.05. The summed E-state index contributed by atoms with van der Waals surface area (Å²) in [7, 11) is 0. The third-order valence-corrected chi connectivity index (χ3v) is 4.46. The third kappa shape index (κ3) is 4.19. The molecule has 0 bridgehead atoms. The van der Waals surface area contributed by atoms with Gasteiger partial charge in [0, 0.05) is 45.6 Å². The molecule has 0 aromatic heterocycles. The minimum absolute atomic E-state index is 0.0667. The maximum Gasteiger partial charge on any atom is 0.242 e. The van der Waals surface area contributed by atoms with E-state index in [-0.39, 0.29) is 49.1 Å². The monoisotopic (exact) mass is 336 g/mol. The van der Waals surface area contributed by atoms with Gasteiger partial charge in [-0.15, -0.1) is 6.58 Å². The summed E-state index contributed by atoms with van der Waals surface area (Å²) in [5.74, 6) is -0.844. The Labute approximate surface area is 141 Å². The number of piperazine rings is 1. The first-order valence-electron chi connectivity index (χ1n) is 8.17. The zero-order valence-electron chi connectivity index (χ0n) is 14.0. The van der Waals surface area contributed by atoms with Crippen molar-refractivity contribution in [3.63, 3.8) is 0 Å². The number of likely N-dealkylation sites (tertiary alicyclic amines) is 1. The van der Waals surface area contributed by atoms with E-state index in [1.165, 1.54) is 0 Å². The molecule has 0 radical (unpaired) electrons. The summed E-state index contributed by atoms with van der Waals surface area (Å²) >= 11 is 0. The minimum atomic E-state index is -0.278. The van der Waals surface area contributed by atoms with E-state index in [0.717, 1.165) is 4.90 Å². The van der Waals surface area contributed by atoms with Crippen molar-refractivity contribution >= 4 is 23.6 Å². The third-order valence-electron chi connectivity index (χ3n) is 4.46. The van der Waals surface area contributed by atoms with Crippen molar-refractivity contribution < 1.29 is 19.2 Å². The fourth-order valence-corrected chi connectivity index (χ4v) is 2.88. The van der Waals surface area contributed by atoms with Crippen LogP contribution in [0.4, 0.5) is 0 Å². The van der Waals surface area contributed by atoms with Crippen LogP contribution >= 0.6 is 0 Å². The van der Waals surface area contributed by atoms with Crippen LogP contribution in [0.1, 0.15) is 19.8 Å². The van der Waals surface area contributed by atoms with E-state index in [1.54, 1.807) is 11.0 Å². The maximum absolute atomic E-state index is 12.3. The van der Waals surface area contributed by atoms with E-state index in [9.17, 15) is 19.2 Å². The van der Waals surface area contributed by atoms with Crippen molar-refractivity contribution in [3.05, 3.63) is 12.7 Å². The van der Waals surface area contributed by atoms with Gasteiger partial charge in [-0.05, 0) is 6.92 Å². The molecule has 4 amide bonds. The molecule has 2 saturated heterocycles. The predicted octanol–water partition coefficient (Wildman–Crippen LogP) is -1.03. The molecule has 2 aliphatic heterocycles. The zero-order valence-corrected chi connectivity index (χ0v) is 14.0. The molecule has 1 atom stereocenters. The molecule has 2 heterocycles. The summed E-state index contributed by atoms with van der Waals surface area (Å²) in [5, 5.41) is 2.76. The maximum atomic E-state index is 12.3. The van der Waals surface area contributed by atoms with Crippen LogP contribution in [0.15, 0.2) is 12.7 Å². The summed E-state index contributed by atoms with van der Waals surface area (Å²) in [6.45, 7) is 7.77. The normalized spacial score (nSPS) is 20.2. The van der Waals surface area contributed by atoms with Gasteiger partial charge in [-0.3, -0.25) is 29.0 Å². The molecule has 24 heavy (non-hydrogen) atoms. The van der Waals surface area contributed by atoms with Gasteiger partial charge in [0.2, 0.25) is 23.6 Å². The van der Waals surface area contributed by atoms with Gasteiger partial charge in [0.1, 0.15) is 6.54 Å². The van der Waals surface area contributed by atoms with Crippen LogP contribution in [0.3, 0.4) is 0 Å². The van der Waals surface area contributed by atoms with Gasteiger partial charge in [0.15, 0.2) is 0 Å². The SMILES string of the molecule is C=CCNC(=O)[C@H](C)N1CCN(C(=O)CN2C(=O)CCC2=O)CC1. The summed E-state index contributed by atoms with van der Waals surface area (Å²) in [4.78, 5) is 52.1. The predicted molar refractivity (Wildman–Crippen MR) is 86.8 cm³/mol. The Morgan fingerprint density at radius 3 is 2.29 bits per heavy atom. The van der Waals surface area contributed by atoms with Crippen LogP contribution in [0.25, 0.3) is 0 Å². The topological polar surface area (TPSA) is 90.0 Å². The molecule has 1 N–H and O–H groups in total. The number of amides is 4. The van der Waals surface area contributed by atoms with Crippen LogP contribution in [-0.4, -0.2) is 83.6 Å². The highest BCUT2D eigenvalue weighted by Crippen LogP contribution is 2.13. The van der Waals surface area contributed by atoms with Gasteiger partial charge >= 0.3 is 0 Å². The van der Waals surface area contributed by atoms with E-state index in [0.29, 0.717) is 32.7 Å². The number of hydrogen-bond donors (Lipinski definition) is 1. The van der Waals surface area contributed by atoms with Crippen LogP contribution in [0.2, 0.25) is 0 Å². The first kappa shape index (κ1) is 18.1. The molecule has 0 spiro atoms. The summed E-state index contributed by atoms with van der Waals surface area (Å²) < 4.78 is 0. The van der Waals surface area contributed by atoms with Crippen molar-refractivity contribution in [3.8, 4) is 0 Å². The van der Waals surface area contributed by atoms with Crippen molar-refractivity contribution in [2.45, 2.75) is 25.8 Å². The van der Waals surface area contributed by atoms with Gasteiger partial charge < -0.3 is 10.2 Å². The largest absolute Gasteiger partial charge is 0.351 e. The smallest absolute Gasteiger partial charge is 0.242 e. The highest BCUT2D eigenvalue weighted by Gasteiger charge is 2.33. The molecule has 0 saturated carbocycles. The first-order valence-corrected chi connectivity index (χ1v) is 8.17. The number of imide groups is 1. The quantitative estimate of drug-likeness (QED) is 0.495. The molecule has 132 valence electrons. The van der Waals surface area contributed by atoms with Crippen molar-refractivity contribution in [1.82, 2.24) is 20.0 Å². The van der Waals surface area contributed by atoms with Gasteiger partial charge in [-0.2, -0.15) is 0 Å². The van der Waals surface area contributed by atoms with Gasteiger partial charge in [-0.25, -0.2) is 0 Å². The Balaban J connectivity index is 1.80. The summed E-state index contributed by atoms with van der Waals surface area (Å²) in [6.07, 6.45) is 2.01. The van der Waals surface area contributed by atoms with E-state index in [2.05, 4.69) is 11.9 Å². The molecule has 8 nitrogen and oxygen atoms in total. The molecule has 0 aliphatic carbocycles. The molecule has 0 aromatic carbocycles. The Morgan fingerprint density at radius 1 is 1.17 bits per heavy atom. The van der Waals surface area contributed by atoms with E-state index >= 15 is 0 Å². The lowest BCUT2D eigenvalue weighted by atomic mass is 10.2. The van der Waals surface area contributed by atoms with Gasteiger partial charge in [0.25, 0.3) is 0 Å².